The number of carbonyl (C=O) groups excluding carboxylic acids is 1. The number of hydrogen-bond donors (Lipinski definition) is 4. The van der Waals surface area contributed by atoms with E-state index in [9.17, 15) is 25.2 Å². The maximum atomic E-state index is 12.3. The number of para-hydroxylation sites is 1. The summed E-state index contributed by atoms with van der Waals surface area (Å²) in [5.41, 5.74) is -1.03. The molecule has 2 aliphatic rings. The molecule has 8 nitrogen and oxygen atoms in total. The number of hydrogen-bond acceptors (Lipinski definition) is 8. The van der Waals surface area contributed by atoms with Crippen molar-refractivity contribution in [3.63, 3.8) is 0 Å². The van der Waals surface area contributed by atoms with Crippen LogP contribution in [0.1, 0.15) is 18.6 Å². The van der Waals surface area contributed by atoms with Gasteiger partial charge >= 0.3 is 5.97 Å². The number of carbonyl (C=O) groups is 1. The van der Waals surface area contributed by atoms with Crippen molar-refractivity contribution < 1.29 is 34.4 Å². The number of aliphatic hydroxyl groups is 4. The first-order chi connectivity index (χ1) is 12.8. The Hall–Kier alpha value is -1.97. The van der Waals surface area contributed by atoms with Crippen molar-refractivity contribution in [3.05, 3.63) is 36.1 Å². The topological polar surface area (TPSA) is 124 Å². The van der Waals surface area contributed by atoms with Crippen molar-refractivity contribution in [2.24, 2.45) is 0 Å². The average molecular weight is 377 g/mol. The molecule has 1 saturated carbocycles. The summed E-state index contributed by atoms with van der Waals surface area (Å²) in [6.45, 7) is 0.191. The lowest BCUT2D eigenvalue weighted by molar-refractivity contribution is -0.197. The van der Waals surface area contributed by atoms with Gasteiger partial charge in [0.2, 0.25) is 0 Å². The molecule has 1 aromatic heterocycles. The van der Waals surface area contributed by atoms with E-state index < -0.39 is 42.0 Å². The van der Waals surface area contributed by atoms with Gasteiger partial charge in [-0.1, -0.05) is 18.2 Å². The van der Waals surface area contributed by atoms with Gasteiger partial charge in [-0.15, -0.1) is 0 Å². The molecule has 8 heteroatoms. The van der Waals surface area contributed by atoms with Gasteiger partial charge in [-0.25, -0.2) is 0 Å². The third-order valence-electron chi connectivity index (χ3n) is 5.88. The first-order valence-electron chi connectivity index (χ1n) is 8.92. The largest absolute Gasteiger partial charge is 0.468 e. The van der Waals surface area contributed by atoms with E-state index in [0.29, 0.717) is 11.3 Å². The molecule has 4 N–H and O–H groups in total. The van der Waals surface area contributed by atoms with Crippen LogP contribution in [-0.4, -0.2) is 74.4 Å². The minimum atomic E-state index is -1.73. The number of nitrogens with zero attached hydrogens (tertiary/aromatic N) is 1. The third kappa shape index (κ3) is 2.84. The summed E-state index contributed by atoms with van der Waals surface area (Å²) in [6.07, 6.45) is -4.34. The molecule has 0 bridgehead atoms. The van der Waals surface area contributed by atoms with E-state index in [2.05, 4.69) is 0 Å². The summed E-state index contributed by atoms with van der Waals surface area (Å²) >= 11 is 0. The van der Waals surface area contributed by atoms with Crippen LogP contribution in [0.4, 0.5) is 0 Å². The van der Waals surface area contributed by atoms with E-state index in [0.717, 1.165) is 5.39 Å². The molecule has 1 aliphatic heterocycles. The Bertz CT molecular complexity index is 818. The van der Waals surface area contributed by atoms with Crippen molar-refractivity contribution in [2.45, 2.75) is 55.4 Å². The molecule has 27 heavy (non-hydrogen) atoms. The summed E-state index contributed by atoms with van der Waals surface area (Å²) < 4.78 is 10.7. The molecular formula is C19H23NO7. The van der Waals surface area contributed by atoms with Crippen LogP contribution in [0.15, 0.2) is 34.7 Å². The number of methoxy groups -OCH3 is 1. The van der Waals surface area contributed by atoms with E-state index in [-0.39, 0.29) is 19.4 Å². The molecule has 146 valence electrons. The Morgan fingerprint density at radius 3 is 2.78 bits per heavy atom. The van der Waals surface area contributed by atoms with Gasteiger partial charge in [0.1, 0.15) is 35.2 Å². The van der Waals surface area contributed by atoms with Gasteiger partial charge in [0.25, 0.3) is 0 Å². The first-order valence-corrected chi connectivity index (χ1v) is 8.92. The minimum absolute atomic E-state index is 0.0163. The van der Waals surface area contributed by atoms with E-state index in [4.69, 9.17) is 9.15 Å². The quantitative estimate of drug-likeness (QED) is 0.541. The lowest BCUT2D eigenvalue weighted by atomic mass is 9.75. The highest BCUT2D eigenvalue weighted by molar-refractivity contribution is 5.78. The van der Waals surface area contributed by atoms with Gasteiger partial charge in [-0.3, -0.25) is 9.69 Å². The summed E-state index contributed by atoms with van der Waals surface area (Å²) in [5.74, 6) is 0.0366. The Kier molecular flexibility index (Phi) is 4.48. The van der Waals surface area contributed by atoms with Gasteiger partial charge in [0.15, 0.2) is 0 Å². The van der Waals surface area contributed by atoms with Crippen molar-refractivity contribution in [1.29, 1.82) is 0 Å². The number of benzene rings is 1. The number of fused-ring (bicyclic) bond motifs is 2. The van der Waals surface area contributed by atoms with Crippen molar-refractivity contribution in [1.82, 2.24) is 4.90 Å². The predicted octanol–water partition coefficient (Wildman–Crippen LogP) is -0.234. The second-order valence-electron chi connectivity index (χ2n) is 7.41. The van der Waals surface area contributed by atoms with Crippen molar-refractivity contribution in [3.8, 4) is 0 Å². The van der Waals surface area contributed by atoms with E-state index in [1.54, 1.807) is 4.90 Å². The lowest BCUT2D eigenvalue weighted by Gasteiger charge is -2.45. The molecular weight excluding hydrogens is 354 g/mol. The molecule has 4 rings (SSSR count). The number of furan rings is 1. The zero-order chi connectivity index (χ0) is 19.3. The normalized spacial score (nSPS) is 36.7. The van der Waals surface area contributed by atoms with Crippen LogP contribution in [0.3, 0.4) is 0 Å². The van der Waals surface area contributed by atoms with E-state index >= 15 is 0 Å². The smallest absolute Gasteiger partial charge is 0.323 e. The summed E-state index contributed by atoms with van der Waals surface area (Å²) in [4.78, 5) is 14.0. The maximum absolute atomic E-state index is 12.3. The Balaban J connectivity index is 1.69. The number of ether oxygens (including phenoxy) is 1. The maximum Gasteiger partial charge on any atom is 0.323 e. The molecule has 2 fully saturated rings. The molecule has 1 aliphatic carbocycles. The Morgan fingerprint density at radius 1 is 1.33 bits per heavy atom. The fourth-order valence-corrected chi connectivity index (χ4v) is 4.47. The minimum Gasteiger partial charge on any atom is -0.468 e. The van der Waals surface area contributed by atoms with Crippen LogP contribution in [0.25, 0.3) is 11.0 Å². The summed E-state index contributed by atoms with van der Waals surface area (Å²) in [5, 5.41) is 42.5. The van der Waals surface area contributed by atoms with Crippen LogP contribution in [-0.2, 0) is 16.1 Å². The highest BCUT2D eigenvalue weighted by Crippen LogP contribution is 2.44. The molecule has 0 radical (unpaired) electrons. The highest BCUT2D eigenvalue weighted by Gasteiger charge is 2.62. The lowest BCUT2D eigenvalue weighted by Crippen LogP contribution is -2.64. The number of esters is 1. The monoisotopic (exact) mass is 377 g/mol. The second-order valence-corrected chi connectivity index (χ2v) is 7.41. The Labute approximate surface area is 155 Å². The van der Waals surface area contributed by atoms with Crippen molar-refractivity contribution in [2.75, 3.05) is 7.11 Å². The fourth-order valence-electron chi connectivity index (χ4n) is 4.47. The average Bonchev–Trinajstić information content (AvgIpc) is 3.19. The predicted molar refractivity (Wildman–Crippen MR) is 93.6 cm³/mol. The van der Waals surface area contributed by atoms with E-state index in [1.807, 2.05) is 30.3 Å². The van der Waals surface area contributed by atoms with Gasteiger partial charge in [-0.05, 0) is 18.6 Å². The number of likely N-dealkylation sites (tertiary alicyclic amines) is 1. The zero-order valence-corrected chi connectivity index (χ0v) is 14.9. The third-order valence-corrected chi connectivity index (χ3v) is 5.88. The summed E-state index contributed by atoms with van der Waals surface area (Å²) in [7, 11) is 1.26. The van der Waals surface area contributed by atoms with Crippen LogP contribution < -0.4 is 0 Å². The highest BCUT2D eigenvalue weighted by atomic mass is 16.5. The Morgan fingerprint density at radius 2 is 2.07 bits per heavy atom. The van der Waals surface area contributed by atoms with E-state index in [1.165, 1.54) is 7.11 Å². The molecule has 1 saturated heterocycles. The SMILES string of the molecule is COC(=O)[C@@H]1C[C@@]2(O)[C@@H](O)[C@@H](O)[C@H](O)C[C@H]2N1Cc1cc2ccccc2o1. The zero-order valence-electron chi connectivity index (χ0n) is 14.9. The summed E-state index contributed by atoms with van der Waals surface area (Å²) in [6, 6.07) is 7.78. The molecule has 0 spiro atoms. The van der Waals surface area contributed by atoms with Crippen LogP contribution in [0.5, 0.6) is 0 Å². The second kappa shape index (κ2) is 6.57. The molecule has 2 aromatic rings. The fraction of sp³-hybridized carbons (Fsp3) is 0.526. The van der Waals surface area contributed by atoms with Gasteiger partial charge in [0, 0.05) is 17.8 Å². The molecule has 2 heterocycles. The number of aliphatic hydroxyl groups excluding tert-OH is 3. The van der Waals surface area contributed by atoms with Crippen LogP contribution >= 0.6 is 0 Å². The van der Waals surface area contributed by atoms with Crippen LogP contribution in [0.2, 0.25) is 0 Å². The van der Waals surface area contributed by atoms with Crippen LogP contribution in [0, 0.1) is 0 Å². The van der Waals surface area contributed by atoms with Gasteiger partial charge < -0.3 is 29.6 Å². The van der Waals surface area contributed by atoms with Gasteiger partial charge in [0.05, 0.1) is 19.8 Å². The molecule has 6 atom stereocenters. The molecule has 1 aromatic carbocycles. The van der Waals surface area contributed by atoms with Crippen molar-refractivity contribution >= 4 is 16.9 Å². The van der Waals surface area contributed by atoms with Gasteiger partial charge in [-0.2, -0.15) is 0 Å². The number of rotatable bonds is 3. The first kappa shape index (κ1) is 18.4. The molecule has 0 unspecified atom stereocenters. The standard InChI is InChI=1S/C19H23NO7/c1-26-18(24)12-8-19(25)15(7-13(21)16(22)17(19)23)20(12)9-11-6-10-4-2-3-5-14(10)27-11/h2-6,12-13,15-17,21-23,25H,7-9H2,1H3/t12-,13+,15+,16-,17-,19-/m0/s1. The molecule has 0 amide bonds.